The van der Waals surface area contributed by atoms with E-state index in [2.05, 4.69) is 0 Å². The molecular formula is C13H17FN2O3S. The molecule has 7 heteroatoms. The normalized spacial score (nSPS) is 22.6. The topological polar surface area (TPSA) is 83.6 Å². The second-order valence-corrected chi connectivity index (χ2v) is 7.70. The Morgan fingerprint density at radius 1 is 1.40 bits per heavy atom. The van der Waals surface area contributed by atoms with Crippen LogP contribution in [0.15, 0.2) is 17.0 Å². The van der Waals surface area contributed by atoms with E-state index in [1.807, 2.05) is 0 Å². The Morgan fingerprint density at radius 3 is 2.55 bits per heavy atom. The van der Waals surface area contributed by atoms with Gasteiger partial charge in [-0.25, -0.2) is 12.8 Å². The third-order valence-corrected chi connectivity index (χ3v) is 6.08. The summed E-state index contributed by atoms with van der Waals surface area (Å²) in [5.41, 5.74) is 4.70. The van der Waals surface area contributed by atoms with Crippen molar-refractivity contribution in [1.29, 1.82) is 0 Å². The minimum Gasteiger partial charge on any atom is -0.396 e. The van der Waals surface area contributed by atoms with E-state index in [9.17, 15) is 17.9 Å². The van der Waals surface area contributed by atoms with Crippen LogP contribution in [0.2, 0.25) is 0 Å². The van der Waals surface area contributed by atoms with Crippen LogP contribution in [-0.2, 0) is 10.0 Å². The number of aryl methyl sites for hydroxylation is 1. The van der Waals surface area contributed by atoms with E-state index in [4.69, 9.17) is 5.73 Å². The van der Waals surface area contributed by atoms with Gasteiger partial charge in [0.1, 0.15) is 5.82 Å². The van der Waals surface area contributed by atoms with Gasteiger partial charge in [-0.05, 0) is 43.4 Å². The van der Waals surface area contributed by atoms with E-state index in [1.165, 1.54) is 11.2 Å². The first-order valence-corrected chi connectivity index (χ1v) is 7.96. The lowest BCUT2D eigenvalue weighted by molar-refractivity contribution is -0.0764. The average Bonchev–Trinajstić information content (AvgIpc) is 3.13. The number of nitrogens with zero attached hydrogens (tertiary/aromatic N) is 1. The summed E-state index contributed by atoms with van der Waals surface area (Å²) in [4.78, 5) is 0.00856. The first-order chi connectivity index (χ1) is 9.24. The fourth-order valence-corrected chi connectivity index (χ4v) is 4.51. The SMILES string of the molecule is Cc1cc(F)c(N)cc1S(=O)(=O)N1CC(O)(C2CC2)C1. The number of aliphatic hydroxyl groups is 1. The summed E-state index contributed by atoms with van der Waals surface area (Å²) in [5.74, 6) is -0.409. The van der Waals surface area contributed by atoms with Crippen LogP contribution in [-0.4, -0.2) is 36.5 Å². The summed E-state index contributed by atoms with van der Waals surface area (Å²) in [6.07, 6.45) is 1.90. The molecule has 110 valence electrons. The predicted octanol–water partition coefficient (Wildman–Crippen LogP) is 0.862. The smallest absolute Gasteiger partial charge is 0.243 e. The van der Waals surface area contributed by atoms with Crippen LogP contribution in [0.1, 0.15) is 18.4 Å². The Kier molecular flexibility index (Phi) is 2.87. The van der Waals surface area contributed by atoms with Crippen LogP contribution in [0.5, 0.6) is 0 Å². The first kappa shape index (κ1) is 13.8. The molecule has 1 aromatic carbocycles. The molecule has 20 heavy (non-hydrogen) atoms. The fourth-order valence-electron chi connectivity index (χ4n) is 2.70. The molecule has 0 bridgehead atoms. The molecule has 0 atom stereocenters. The van der Waals surface area contributed by atoms with Crippen LogP contribution >= 0.6 is 0 Å². The van der Waals surface area contributed by atoms with Gasteiger partial charge < -0.3 is 10.8 Å². The zero-order valence-electron chi connectivity index (χ0n) is 11.1. The minimum atomic E-state index is -3.72. The lowest BCUT2D eigenvalue weighted by Gasteiger charge is -2.45. The van der Waals surface area contributed by atoms with Gasteiger partial charge in [0.2, 0.25) is 10.0 Å². The zero-order chi connectivity index (χ0) is 14.7. The maximum atomic E-state index is 13.3. The van der Waals surface area contributed by atoms with Crippen LogP contribution in [0.4, 0.5) is 10.1 Å². The second kappa shape index (κ2) is 4.16. The van der Waals surface area contributed by atoms with Crippen LogP contribution in [0.25, 0.3) is 0 Å². The molecule has 3 N–H and O–H groups in total. The highest BCUT2D eigenvalue weighted by Crippen LogP contribution is 2.46. The molecule has 0 aromatic heterocycles. The molecule has 0 spiro atoms. The Balaban J connectivity index is 1.88. The van der Waals surface area contributed by atoms with Crippen molar-refractivity contribution in [2.24, 2.45) is 5.92 Å². The molecular weight excluding hydrogens is 283 g/mol. The first-order valence-electron chi connectivity index (χ1n) is 6.52. The zero-order valence-corrected chi connectivity index (χ0v) is 12.0. The number of β-amino-alcohol motifs (C(OH)–C–C–N with tert-alkyl or cyclic N) is 1. The van der Waals surface area contributed by atoms with E-state index in [-0.39, 0.29) is 29.6 Å². The third kappa shape index (κ3) is 2.01. The van der Waals surface area contributed by atoms with E-state index in [0.717, 1.165) is 25.0 Å². The maximum Gasteiger partial charge on any atom is 0.243 e. The highest BCUT2D eigenvalue weighted by Gasteiger charge is 2.55. The Morgan fingerprint density at radius 2 is 2.00 bits per heavy atom. The lowest BCUT2D eigenvalue weighted by atomic mass is 9.91. The number of hydrogen-bond donors (Lipinski definition) is 2. The van der Waals surface area contributed by atoms with Crippen LogP contribution < -0.4 is 5.73 Å². The number of benzene rings is 1. The summed E-state index contributed by atoms with van der Waals surface area (Å²) in [6.45, 7) is 1.75. The quantitative estimate of drug-likeness (QED) is 0.811. The summed E-state index contributed by atoms with van der Waals surface area (Å²) < 4.78 is 39.5. The molecule has 1 aliphatic carbocycles. The van der Waals surface area contributed by atoms with Gasteiger partial charge in [-0.1, -0.05) is 0 Å². The lowest BCUT2D eigenvalue weighted by Crippen LogP contribution is -2.64. The van der Waals surface area contributed by atoms with Gasteiger partial charge in [0, 0.05) is 13.1 Å². The molecule has 0 radical (unpaired) electrons. The Labute approximate surface area is 117 Å². The highest BCUT2D eigenvalue weighted by molar-refractivity contribution is 7.89. The van der Waals surface area contributed by atoms with Crippen molar-refractivity contribution >= 4 is 15.7 Å². The monoisotopic (exact) mass is 300 g/mol. The van der Waals surface area contributed by atoms with E-state index in [0.29, 0.717) is 5.56 Å². The van der Waals surface area contributed by atoms with Gasteiger partial charge in [-0.2, -0.15) is 4.31 Å². The maximum absolute atomic E-state index is 13.3. The van der Waals surface area contributed by atoms with Crippen molar-refractivity contribution in [1.82, 2.24) is 4.31 Å². The van der Waals surface area contributed by atoms with Gasteiger partial charge in [0.15, 0.2) is 0 Å². The Hall–Kier alpha value is -1.18. The van der Waals surface area contributed by atoms with E-state index in [1.54, 1.807) is 0 Å². The van der Waals surface area contributed by atoms with Crippen molar-refractivity contribution < 1.29 is 17.9 Å². The number of sulfonamides is 1. The van der Waals surface area contributed by atoms with Crippen molar-refractivity contribution in [3.63, 3.8) is 0 Å². The Bertz CT molecular complexity index is 664. The van der Waals surface area contributed by atoms with Gasteiger partial charge in [-0.3, -0.25) is 0 Å². The third-order valence-electron chi connectivity index (χ3n) is 4.15. The molecule has 1 heterocycles. The van der Waals surface area contributed by atoms with Crippen LogP contribution in [0, 0.1) is 18.7 Å². The summed E-state index contributed by atoms with van der Waals surface area (Å²) >= 11 is 0. The molecule has 5 nitrogen and oxygen atoms in total. The average molecular weight is 300 g/mol. The molecule has 1 aliphatic heterocycles. The van der Waals surface area contributed by atoms with E-state index < -0.39 is 21.4 Å². The molecule has 2 fully saturated rings. The number of halogens is 1. The largest absolute Gasteiger partial charge is 0.396 e. The molecule has 2 aliphatic rings. The van der Waals surface area contributed by atoms with Crippen molar-refractivity contribution in [2.45, 2.75) is 30.3 Å². The molecule has 3 rings (SSSR count). The second-order valence-electron chi connectivity index (χ2n) is 5.79. The summed E-state index contributed by atoms with van der Waals surface area (Å²) in [6, 6.07) is 2.27. The minimum absolute atomic E-state index is 0.00856. The molecule has 0 amide bonds. The molecule has 1 saturated heterocycles. The predicted molar refractivity (Wildman–Crippen MR) is 72.0 cm³/mol. The number of nitrogens with two attached hydrogens (primary N) is 1. The fraction of sp³-hybridized carbons (Fsp3) is 0.538. The number of anilines is 1. The number of nitrogen functional groups attached to an aromatic ring is 1. The van der Waals surface area contributed by atoms with Gasteiger partial charge >= 0.3 is 0 Å². The molecule has 0 unspecified atom stereocenters. The van der Waals surface area contributed by atoms with Gasteiger partial charge in [0.05, 0.1) is 16.2 Å². The summed E-state index contributed by atoms with van der Waals surface area (Å²) in [7, 11) is -3.72. The van der Waals surface area contributed by atoms with Gasteiger partial charge in [-0.15, -0.1) is 0 Å². The van der Waals surface area contributed by atoms with Gasteiger partial charge in [0.25, 0.3) is 0 Å². The number of rotatable bonds is 3. The highest BCUT2D eigenvalue weighted by atomic mass is 32.2. The summed E-state index contributed by atoms with van der Waals surface area (Å²) in [5, 5.41) is 10.2. The molecule has 1 aromatic rings. The van der Waals surface area contributed by atoms with E-state index >= 15 is 0 Å². The van der Waals surface area contributed by atoms with Crippen molar-refractivity contribution in [3.05, 3.63) is 23.5 Å². The number of hydrogen-bond acceptors (Lipinski definition) is 4. The molecule has 1 saturated carbocycles. The standard InChI is InChI=1S/C13H17FN2O3S/c1-8-4-10(14)11(15)5-12(8)20(18,19)16-6-13(17,7-16)9-2-3-9/h4-5,9,17H,2-3,6-7,15H2,1H3. The van der Waals surface area contributed by atoms with Crippen molar-refractivity contribution in [2.75, 3.05) is 18.8 Å². The van der Waals surface area contributed by atoms with Crippen LogP contribution in [0.3, 0.4) is 0 Å². The van der Waals surface area contributed by atoms with Crippen molar-refractivity contribution in [3.8, 4) is 0 Å².